The molecule has 1 saturated carbocycles. The van der Waals surface area contributed by atoms with Gasteiger partial charge in [-0.3, -0.25) is 4.90 Å². The van der Waals surface area contributed by atoms with Crippen molar-refractivity contribution in [1.82, 2.24) is 4.90 Å². The van der Waals surface area contributed by atoms with Crippen LogP contribution in [0.1, 0.15) is 80.9 Å². The molecule has 4 aromatic rings. The summed E-state index contributed by atoms with van der Waals surface area (Å²) in [6.07, 6.45) is 11.3. The van der Waals surface area contributed by atoms with Gasteiger partial charge in [0.2, 0.25) is 5.79 Å². The molecule has 2 N–H and O–H groups in total. The molecule has 1 heterocycles. The predicted octanol–water partition coefficient (Wildman–Crippen LogP) is 11.1. The summed E-state index contributed by atoms with van der Waals surface area (Å²) in [6, 6.07) is 33.0. The topological polar surface area (TPSA) is 119 Å². The van der Waals surface area contributed by atoms with E-state index in [1.807, 2.05) is 91.9 Å². The van der Waals surface area contributed by atoms with Gasteiger partial charge in [-0.2, -0.15) is 0 Å². The van der Waals surface area contributed by atoms with E-state index in [0.717, 1.165) is 64.3 Å². The first kappa shape index (κ1) is 45.9. The lowest BCUT2D eigenvalue weighted by molar-refractivity contribution is -0.255. The number of aliphatic hydroxyl groups is 2. The van der Waals surface area contributed by atoms with Crippen molar-refractivity contribution >= 4 is 23.6 Å². The molecule has 1 aliphatic heterocycles. The van der Waals surface area contributed by atoms with E-state index in [4.69, 9.17) is 28.9 Å². The zero-order valence-electron chi connectivity index (χ0n) is 36.6. The van der Waals surface area contributed by atoms with Crippen LogP contribution < -0.4 is 9.47 Å². The molecule has 2 aliphatic carbocycles. The minimum absolute atomic E-state index is 0.0735. The molecule has 1 fully saturated rings. The highest BCUT2D eigenvalue weighted by Gasteiger charge is 2.65. The maximum Gasteiger partial charge on any atom is 0.410 e. The molecule has 1 amide bonds. The van der Waals surface area contributed by atoms with Crippen molar-refractivity contribution < 1.29 is 38.8 Å². The monoisotopic (exact) mass is 874 g/mol. The van der Waals surface area contributed by atoms with E-state index in [1.54, 1.807) is 22.7 Å². The van der Waals surface area contributed by atoms with Crippen LogP contribution in [0.5, 0.6) is 17.2 Å². The van der Waals surface area contributed by atoms with Crippen LogP contribution in [0.3, 0.4) is 0 Å². The third-order valence-corrected chi connectivity index (χ3v) is 13.2. The maximum atomic E-state index is 14.6. The quantitative estimate of drug-likeness (QED) is 0.0344. The number of ether oxygens (including phenoxy) is 4. The molecule has 6 atom stereocenters. The van der Waals surface area contributed by atoms with Crippen molar-refractivity contribution in [2.45, 2.75) is 94.1 Å². The molecule has 0 radical (unpaired) electrons. The third kappa shape index (κ3) is 10.8. The molecule has 3 aliphatic rings. The number of allylic oxidation sites excluding steroid dienone is 1. The molecule has 0 saturated heterocycles. The van der Waals surface area contributed by atoms with E-state index in [0.29, 0.717) is 37.3 Å². The number of fused-ring (bicyclic) bond motifs is 2. The molecule has 0 unspecified atom stereocenters. The van der Waals surface area contributed by atoms with Crippen LogP contribution in [0.15, 0.2) is 137 Å². The molecule has 0 spiro atoms. The fourth-order valence-electron chi connectivity index (χ4n) is 9.67. The van der Waals surface area contributed by atoms with Crippen LogP contribution in [0.4, 0.5) is 4.79 Å². The number of thioether (sulfide) groups is 1. The second-order valence-electron chi connectivity index (χ2n) is 16.5. The number of hydrogen-bond donors (Lipinski definition) is 2. The minimum Gasteiger partial charge on any atom is -0.459 e. The second kappa shape index (κ2) is 22.5. The Kier molecular flexibility index (Phi) is 16.4. The van der Waals surface area contributed by atoms with E-state index < -0.39 is 23.8 Å². The van der Waals surface area contributed by atoms with Crippen molar-refractivity contribution in [1.29, 1.82) is 0 Å². The van der Waals surface area contributed by atoms with E-state index in [-0.39, 0.29) is 57.2 Å². The van der Waals surface area contributed by atoms with Gasteiger partial charge in [-0.15, -0.1) is 18.3 Å². The van der Waals surface area contributed by atoms with Crippen molar-refractivity contribution in [2.75, 3.05) is 32.6 Å². The Balaban J connectivity index is 1.40. The Morgan fingerprint density at radius 2 is 1.59 bits per heavy atom. The first-order valence-corrected chi connectivity index (χ1v) is 23.7. The Morgan fingerprint density at radius 1 is 0.905 bits per heavy atom. The second-order valence-corrected chi connectivity index (χ2v) is 17.4. The number of oxime groups is 1. The van der Waals surface area contributed by atoms with Gasteiger partial charge in [-0.1, -0.05) is 97.7 Å². The fourth-order valence-corrected chi connectivity index (χ4v) is 10.1. The molecule has 10 nitrogen and oxygen atoms in total. The Bertz CT molecular complexity index is 2150. The summed E-state index contributed by atoms with van der Waals surface area (Å²) in [7, 11) is 0. The average molecular weight is 875 g/mol. The number of aliphatic hydroxyl groups excluding tert-OH is 2. The summed E-state index contributed by atoms with van der Waals surface area (Å²) in [5.74, 6) is 0.205. The molecular formula is C52H62N2O8S. The molecule has 63 heavy (non-hydrogen) atoms. The van der Waals surface area contributed by atoms with Gasteiger partial charge in [0.05, 0.1) is 18.2 Å². The molecule has 0 aromatic heterocycles. The van der Waals surface area contributed by atoms with E-state index in [9.17, 15) is 15.0 Å². The molecular weight excluding hydrogens is 813 g/mol. The van der Waals surface area contributed by atoms with Gasteiger partial charge in [0, 0.05) is 42.6 Å². The largest absolute Gasteiger partial charge is 0.459 e. The number of amides is 1. The smallest absolute Gasteiger partial charge is 0.410 e. The fraction of sp³-hybridized carbons (Fsp3) is 0.423. The van der Waals surface area contributed by atoms with Gasteiger partial charge >= 0.3 is 6.09 Å². The highest BCUT2D eigenvalue weighted by atomic mass is 32.2. The number of carbonyl (C=O) groups excluding carboxylic acids is 1. The average Bonchev–Trinajstić information content (AvgIpc) is 3.31. The number of nitrogens with zero attached hydrogens (tertiary/aromatic N) is 2. The Morgan fingerprint density at radius 3 is 2.25 bits per heavy atom. The van der Waals surface area contributed by atoms with Crippen molar-refractivity contribution in [2.24, 2.45) is 22.9 Å². The van der Waals surface area contributed by atoms with Gasteiger partial charge in [0.25, 0.3) is 0 Å². The van der Waals surface area contributed by atoms with Gasteiger partial charge < -0.3 is 34.0 Å². The zero-order valence-corrected chi connectivity index (χ0v) is 37.4. The highest BCUT2D eigenvalue weighted by Crippen LogP contribution is 2.62. The molecule has 4 aromatic carbocycles. The van der Waals surface area contributed by atoms with Crippen molar-refractivity contribution in [3.63, 3.8) is 0 Å². The minimum atomic E-state index is -1.39. The summed E-state index contributed by atoms with van der Waals surface area (Å²) < 4.78 is 27.2. The summed E-state index contributed by atoms with van der Waals surface area (Å²) in [6.45, 7) is 7.26. The lowest BCUT2D eigenvalue weighted by Gasteiger charge is -2.59. The lowest BCUT2D eigenvalue weighted by atomic mass is 9.55. The van der Waals surface area contributed by atoms with Crippen LogP contribution >= 0.6 is 11.8 Å². The summed E-state index contributed by atoms with van der Waals surface area (Å²) >= 11 is 1.68. The van der Waals surface area contributed by atoms with E-state index in [2.05, 4.69) is 37.1 Å². The molecule has 7 rings (SSSR count). The van der Waals surface area contributed by atoms with Crippen LogP contribution in [-0.4, -0.2) is 71.4 Å². The number of rotatable bonds is 22. The summed E-state index contributed by atoms with van der Waals surface area (Å²) in [5.41, 5.74) is 4.56. The number of benzene rings is 4. The van der Waals surface area contributed by atoms with E-state index in [1.165, 1.54) is 0 Å². The predicted molar refractivity (Wildman–Crippen MR) is 248 cm³/mol. The lowest BCUT2D eigenvalue weighted by Crippen LogP contribution is -2.70. The Hall–Kier alpha value is -5.07. The first-order chi connectivity index (χ1) is 30.9. The standard InChI is InChI=1S/C52H62N2O8S/c1-4-28-54(51(57)58-35-37-16-8-6-9-17-37)48-34-46(53-60-36-38-18-10-7-11-19-38)44-32-39(20-12-14-29-55)43(21-13-15-30-56)49-45-33-41(61-40-22-25-42(63-3)26-23-40)24-27-47(45)62-52(48,50(44)49)59-31-5-2/h5-11,16-19,22-27,32-33,39,43,48-50,55-56H,2,4,12-15,20-21,28-31,34-36H2,1,3H3/t39-,43+,48-,49+,50+,52+/m0/s1. The summed E-state index contributed by atoms with van der Waals surface area (Å²) in [4.78, 5) is 23.8. The van der Waals surface area contributed by atoms with Gasteiger partial charge in [-0.25, -0.2) is 4.79 Å². The van der Waals surface area contributed by atoms with Gasteiger partial charge in [-0.05, 0) is 109 Å². The number of carbonyl (C=O) groups is 1. The molecule has 0 bridgehead atoms. The third-order valence-electron chi connectivity index (χ3n) is 12.5. The van der Waals surface area contributed by atoms with Crippen LogP contribution in [0.25, 0.3) is 0 Å². The van der Waals surface area contributed by atoms with Crippen molar-refractivity contribution in [3.8, 4) is 17.2 Å². The highest BCUT2D eigenvalue weighted by molar-refractivity contribution is 7.98. The van der Waals surface area contributed by atoms with Crippen LogP contribution in [-0.2, 0) is 27.5 Å². The SMILES string of the molecule is C=CCO[C@@]12Oc3ccc(Oc4ccc(SC)cc4)cc3[C@H]3[C@H](CCCCO)[C@@H](CCCCO)C=C(C(=NOCc4ccccc4)C[C@@H]1N(CCC)C(=O)OCc1ccccc1)[C@H]32. The molecule has 11 heteroatoms. The first-order valence-electron chi connectivity index (χ1n) is 22.5. The zero-order chi connectivity index (χ0) is 44.0. The van der Waals surface area contributed by atoms with Crippen molar-refractivity contribution in [3.05, 3.63) is 144 Å². The van der Waals surface area contributed by atoms with Gasteiger partial charge in [0.1, 0.15) is 36.5 Å². The normalized spacial score (nSPS) is 22.8. The maximum absolute atomic E-state index is 14.6. The molecule has 334 valence electrons. The number of unbranched alkanes of at least 4 members (excludes halogenated alkanes) is 2. The van der Waals surface area contributed by atoms with Gasteiger partial charge in [0.15, 0.2) is 0 Å². The summed E-state index contributed by atoms with van der Waals surface area (Å²) in [5, 5.41) is 24.9. The van der Waals surface area contributed by atoms with Crippen LogP contribution in [0.2, 0.25) is 0 Å². The van der Waals surface area contributed by atoms with E-state index >= 15 is 0 Å². The number of hydrogen-bond acceptors (Lipinski definition) is 10. The Labute approximate surface area is 376 Å². The van der Waals surface area contributed by atoms with Crippen LogP contribution in [0, 0.1) is 17.8 Å².